The van der Waals surface area contributed by atoms with Crippen molar-refractivity contribution in [3.63, 3.8) is 0 Å². The van der Waals surface area contributed by atoms with E-state index in [9.17, 15) is 0 Å². The summed E-state index contributed by atoms with van der Waals surface area (Å²) >= 11 is 0. The van der Waals surface area contributed by atoms with Crippen LogP contribution in [0, 0.1) is 5.41 Å². The number of piperidine rings is 1. The maximum atomic E-state index is 6.48. The number of benzene rings is 1. The Morgan fingerprint density at radius 2 is 1.94 bits per heavy atom. The zero-order valence-electron chi connectivity index (χ0n) is 9.95. The molecule has 1 aliphatic carbocycles. The molecule has 2 heteroatoms. The van der Waals surface area contributed by atoms with Gasteiger partial charge in [0.15, 0.2) is 0 Å². The Balaban J connectivity index is 1.91. The molecule has 16 heavy (non-hydrogen) atoms. The first-order valence-electron chi connectivity index (χ1n) is 6.23. The molecule has 1 spiro atoms. The Morgan fingerprint density at radius 3 is 2.62 bits per heavy atom. The first-order chi connectivity index (χ1) is 7.71. The summed E-state index contributed by atoms with van der Waals surface area (Å²) in [7, 11) is 2.21. The van der Waals surface area contributed by atoms with E-state index in [1.54, 1.807) is 0 Å². The van der Waals surface area contributed by atoms with Crippen molar-refractivity contribution >= 4 is 0 Å². The average Bonchev–Trinajstić information content (AvgIpc) is 2.58. The van der Waals surface area contributed by atoms with Gasteiger partial charge in [-0.3, -0.25) is 0 Å². The molecule has 0 bridgehead atoms. The Labute approximate surface area is 97.4 Å². The molecule has 0 unspecified atom stereocenters. The van der Waals surface area contributed by atoms with Crippen molar-refractivity contribution in [1.82, 2.24) is 4.90 Å². The van der Waals surface area contributed by atoms with Gasteiger partial charge in [-0.05, 0) is 55.9 Å². The minimum absolute atomic E-state index is 0.261. The summed E-state index contributed by atoms with van der Waals surface area (Å²) in [6, 6.07) is 8.99. The number of rotatable bonds is 0. The van der Waals surface area contributed by atoms with E-state index in [4.69, 9.17) is 5.73 Å². The summed E-state index contributed by atoms with van der Waals surface area (Å²) in [5, 5.41) is 0. The van der Waals surface area contributed by atoms with Crippen LogP contribution in [0.5, 0.6) is 0 Å². The molecule has 1 aromatic rings. The van der Waals surface area contributed by atoms with Gasteiger partial charge in [-0.2, -0.15) is 0 Å². The number of hydrogen-bond donors (Lipinski definition) is 1. The monoisotopic (exact) mass is 216 g/mol. The maximum Gasteiger partial charge on any atom is 0.0359 e. The van der Waals surface area contributed by atoms with Crippen LogP contribution in [-0.2, 0) is 6.42 Å². The van der Waals surface area contributed by atoms with Gasteiger partial charge in [0.1, 0.15) is 0 Å². The molecule has 2 nitrogen and oxygen atoms in total. The van der Waals surface area contributed by atoms with Crippen LogP contribution >= 0.6 is 0 Å². The quantitative estimate of drug-likeness (QED) is 0.718. The van der Waals surface area contributed by atoms with Gasteiger partial charge in [0.2, 0.25) is 0 Å². The fourth-order valence-electron chi connectivity index (χ4n) is 3.37. The van der Waals surface area contributed by atoms with Crippen LogP contribution in [0.4, 0.5) is 0 Å². The first kappa shape index (κ1) is 10.3. The van der Waals surface area contributed by atoms with Crippen molar-refractivity contribution in [2.75, 3.05) is 20.1 Å². The van der Waals surface area contributed by atoms with Gasteiger partial charge < -0.3 is 10.6 Å². The predicted molar refractivity (Wildman–Crippen MR) is 66.2 cm³/mol. The van der Waals surface area contributed by atoms with Crippen molar-refractivity contribution < 1.29 is 0 Å². The molecule has 1 atom stereocenters. The minimum atomic E-state index is 0.261. The summed E-state index contributed by atoms with van der Waals surface area (Å²) < 4.78 is 0. The normalized spacial score (nSPS) is 28.2. The van der Waals surface area contributed by atoms with E-state index in [2.05, 4.69) is 36.2 Å². The zero-order chi connectivity index (χ0) is 11.2. The molecule has 0 saturated carbocycles. The average molecular weight is 216 g/mol. The molecule has 3 rings (SSSR count). The van der Waals surface area contributed by atoms with E-state index >= 15 is 0 Å². The molecular weight excluding hydrogens is 196 g/mol. The molecular formula is C14H20N2. The van der Waals surface area contributed by atoms with Gasteiger partial charge in [-0.25, -0.2) is 0 Å². The van der Waals surface area contributed by atoms with Crippen molar-refractivity contribution in [3.8, 4) is 0 Å². The lowest BCUT2D eigenvalue weighted by molar-refractivity contribution is 0.106. The highest BCUT2D eigenvalue weighted by molar-refractivity contribution is 5.38. The second-order valence-electron chi connectivity index (χ2n) is 5.52. The van der Waals surface area contributed by atoms with E-state index < -0.39 is 0 Å². The van der Waals surface area contributed by atoms with Gasteiger partial charge in [0.25, 0.3) is 0 Å². The molecule has 0 radical (unpaired) electrons. The second-order valence-corrected chi connectivity index (χ2v) is 5.52. The number of fused-ring (bicyclic) bond motifs is 1. The van der Waals surface area contributed by atoms with Crippen molar-refractivity contribution in [1.29, 1.82) is 0 Å². The highest BCUT2D eigenvalue weighted by Crippen LogP contribution is 2.50. The molecule has 1 fully saturated rings. The van der Waals surface area contributed by atoms with Gasteiger partial charge in [0, 0.05) is 6.04 Å². The first-order valence-corrected chi connectivity index (χ1v) is 6.23. The van der Waals surface area contributed by atoms with Crippen LogP contribution in [0.2, 0.25) is 0 Å². The molecule has 1 aromatic carbocycles. The Bertz CT molecular complexity index is 391. The third-order valence-corrected chi connectivity index (χ3v) is 4.58. The lowest BCUT2D eigenvalue weighted by atomic mass is 9.73. The van der Waals surface area contributed by atoms with Crippen LogP contribution in [0.25, 0.3) is 0 Å². The number of nitrogens with two attached hydrogens (primary N) is 1. The number of likely N-dealkylation sites (tertiary alicyclic amines) is 1. The van der Waals surface area contributed by atoms with E-state index in [0.717, 1.165) is 0 Å². The molecule has 2 N–H and O–H groups in total. The smallest absolute Gasteiger partial charge is 0.0359 e. The lowest BCUT2D eigenvalue weighted by Crippen LogP contribution is -2.42. The van der Waals surface area contributed by atoms with Crippen LogP contribution in [0.15, 0.2) is 24.3 Å². The molecule has 2 aliphatic rings. The second kappa shape index (κ2) is 3.57. The fourth-order valence-corrected chi connectivity index (χ4v) is 3.37. The SMILES string of the molecule is CN1CCC2(CC1)Cc1ccccc1[C@H]2N. The van der Waals surface area contributed by atoms with Crippen LogP contribution in [0.1, 0.15) is 30.0 Å². The summed E-state index contributed by atoms with van der Waals surface area (Å²) in [5.41, 5.74) is 9.72. The van der Waals surface area contributed by atoms with E-state index in [1.165, 1.54) is 43.5 Å². The van der Waals surface area contributed by atoms with Gasteiger partial charge in [-0.15, -0.1) is 0 Å². The molecule has 1 aliphatic heterocycles. The van der Waals surface area contributed by atoms with Crippen LogP contribution in [0.3, 0.4) is 0 Å². The lowest BCUT2D eigenvalue weighted by Gasteiger charge is -2.41. The van der Waals surface area contributed by atoms with Crippen LogP contribution < -0.4 is 5.73 Å². The third-order valence-electron chi connectivity index (χ3n) is 4.58. The molecule has 0 aromatic heterocycles. The van der Waals surface area contributed by atoms with Crippen molar-refractivity contribution in [2.45, 2.75) is 25.3 Å². The fraction of sp³-hybridized carbons (Fsp3) is 0.571. The predicted octanol–water partition coefficient (Wildman–Crippen LogP) is 1.95. The molecule has 0 amide bonds. The largest absolute Gasteiger partial charge is 0.323 e. The summed E-state index contributed by atoms with van der Waals surface area (Å²) in [5.74, 6) is 0. The van der Waals surface area contributed by atoms with Gasteiger partial charge in [-0.1, -0.05) is 24.3 Å². The third kappa shape index (κ3) is 1.40. The zero-order valence-corrected chi connectivity index (χ0v) is 9.95. The summed E-state index contributed by atoms with van der Waals surface area (Å²) in [6.45, 7) is 2.39. The van der Waals surface area contributed by atoms with E-state index in [0.29, 0.717) is 5.41 Å². The van der Waals surface area contributed by atoms with E-state index in [-0.39, 0.29) is 6.04 Å². The van der Waals surface area contributed by atoms with E-state index in [1.807, 2.05) is 0 Å². The Hall–Kier alpha value is -0.860. The van der Waals surface area contributed by atoms with Crippen LogP contribution in [-0.4, -0.2) is 25.0 Å². The maximum absolute atomic E-state index is 6.48. The highest BCUT2D eigenvalue weighted by atomic mass is 15.1. The highest BCUT2D eigenvalue weighted by Gasteiger charge is 2.45. The summed E-state index contributed by atoms with van der Waals surface area (Å²) in [4.78, 5) is 2.42. The Morgan fingerprint density at radius 1 is 1.25 bits per heavy atom. The molecule has 1 heterocycles. The summed E-state index contributed by atoms with van der Waals surface area (Å²) in [6.07, 6.45) is 3.69. The van der Waals surface area contributed by atoms with Gasteiger partial charge >= 0.3 is 0 Å². The molecule has 1 saturated heterocycles. The Kier molecular flexibility index (Phi) is 2.30. The topological polar surface area (TPSA) is 29.3 Å². The van der Waals surface area contributed by atoms with Crippen molar-refractivity contribution in [3.05, 3.63) is 35.4 Å². The molecule has 86 valence electrons. The standard InChI is InChI=1S/C14H20N2/c1-16-8-6-14(7-9-16)10-11-4-2-3-5-12(11)13(14)15/h2-5,13H,6-10,15H2,1H3/t13-/m1/s1. The number of hydrogen-bond acceptors (Lipinski definition) is 2. The van der Waals surface area contributed by atoms with Gasteiger partial charge in [0.05, 0.1) is 0 Å². The minimum Gasteiger partial charge on any atom is -0.323 e. The van der Waals surface area contributed by atoms with Crippen molar-refractivity contribution in [2.24, 2.45) is 11.1 Å². The number of nitrogens with zero attached hydrogens (tertiary/aromatic N) is 1.